The smallest absolute Gasteiger partial charge is 0.352 e. The van der Waals surface area contributed by atoms with Gasteiger partial charge in [-0.05, 0) is 70.9 Å². The number of halogens is 1. The largest absolute Gasteiger partial charge is 0.477 e. The molecule has 0 bridgehead atoms. The standard InChI is InChI=1S/C18H15BrN2O4S/c1-12-11-13(20-26(24,25)17-7-3-2-5-14(17)19)8-9-15(12)21-10-4-6-16(21)18(22)23/h2-11,20H,1H3,(H,22,23). The summed E-state index contributed by atoms with van der Waals surface area (Å²) in [5.74, 6) is -1.03. The van der Waals surface area contributed by atoms with Crippen LogP contribution in [0.1, 0.15) is 16.1 Å². The summed E-state index contributed by atoms with van der Waals surface area (Å²) in [6.07, 6.45) is 1.65. The van der Waals surface area contributed by atoms with E-state index in [1.165, 1.54) is 12.1 Å². The second-order valence-corrected chi connectivity index (χ2v) is 8.11. The van der Waals surface area contributed by atoms with Gasteiger partial charge in [0.25, 0.3) is 10.0 Å². The van der Waals surface area contributed by atoms with Crippen LogP contribution in [0.25, 0.3) is 5.69 Å². The lowest BCUT2D eigenvalue weighted by Crippen LogP contribution is -2.14. The molecule has 0 saturated carbocycles. The number of carboxylic acid groups (broad SMARTS) is 1. The summed E-state index contributed by atoms with van der Waals surface area (Å²) in [6.45, 7) is 1.79. The zero-order valence-electron chi connectivity index (χ0n) is 13.7. The third kappa shape index (κ3) is 3.51. The molecule has 0 spiro atoms. The molecule has 1 heterocycles. The Kier molecular flexibility index (Phi) is 4.88. The molecule has 0 aliphatic heterocycles. The van der Waals surface area contributed by atoms with E-state index in [0.29, 0.717) is 15.8 Å². The fraction of sp³-hybridized carbons (Fsp3) is 0.0556. The van der Waals surface area contributed by atoms with Crippen LogP contribution >= 0.6 is 15.9 Å². The maximum absolute atomic E-state index is 12.6. The zero-order valence-corrected chi connectivity index (χ0v) is 16.1. The van der Waals surface area contributed by atoms with Crippen LogP contribution in [0.3, 0.4) is 0 Å². The van der Waals surface area contributed by atoms with Crippen LogP contribution < -0.4 is 4.72 Å². The van der Waals surface area contributed by atoms with Crippen molar-refractivity contribution in [1.82, 2.24) is 4.57 Å². The van der Waals surface area contributed by atoms with E-state index < -0.39 is 16.0 Å². The first-order chi connectivity index (χ1) is 12.3. The van der Waals surface area contributed by atoms with Crippen LogP contribution in [0.2, 0.25) is 0 Å². The van der Waals surface area contributed by atoms with E-state index in [1.807, 2.05) is 0 Å². The number of carboxylic acids is 1. The lowest BCUT2D eigenvalue weighted by atomic mass is 10.1. The molecule has 0 unspecified atom stereocenters. The van der Waals surface area contributed by atoms with Crippen LogP contribution in [0.15, 0.2) is 70.2 Å². The Morgan fingerprint density at radius 2 is 1.85 bits per heavy atom. The van der Waals surface area contributed by atoms with Gasteiger partial charge in [-0.25, -0.2) is 13.2 Å². The number of nitrogens with one attached hydrogen (secondary N) is 1. The molecule has 1 aromatic heterocycles. The molecule has 0 saturated heterocycles. The Hall–Kier alpha value is -2.58. The second-order valence-electron chi connectivity index (χ2n) is 5.61. The van der Waals surface area contributed by atoms with E-state index in [1.54, 1.807) is 60.2 Å². The molecule has 3 rings (SSSR count). The zero-order chi connectivity index (χ0) is 18.9. The van der Waals surface area contributed by atoms with Crippen LogP contribution in [0.5, 0.6) is 0 Å². The fourth-order valence-corrected chi connectivity index (χ4v) is 4.68. The number of anilines is 1. The number of nitrogens with zero attached hydrogens (tertiary/aromatic N) is 1. The number of aromatic carboxylic acids is 1. The van der Waals surface area contributed by atoms with E-state index in [9.17, 15) is 18.3 Å². The van der Waals surface area contributed by atoms with Crippen LogP contribution in [0.4, 0.5) is 5.69 Å². The van der Waals surface area contributed by atoms with Crippen molar-refractivity contribution < 1.29 is 18.3 Å². The molecular weight excluding hydrogens is 420 g/mol. The van der Waals surface area contributed by atoms with Gasteiger partial charge in [0, 0.05) is 22.0 Å². The maximum Gasteiger partial charge on any atom is 0.352 e. The molecule has 0 radical (unpaired) electrons. The number of benzene rings is 2. The second kappa shape index (κ2) is 6.97. The number of hydrogen-bond donors (Lipinski definition) is 2. The first-order valence-corrected chi connectivity index (χ1v) is 9.86. The first-order valence-electron chi connectivity index (χ1n) is 7.58. The minimum absolute atomic E-state index is 0.134. The molecule has 134 valence electrons. The van der Waals surface area contributed by atoms with Gasteiger partial charge in [-0.1, -0.05) is 12.1 Å². The Morgan fingerprint density at radius 1 is 1.12 bits per heavy atom. The van der Waals surface area contributed by atoms with Crippen molar-refractivity contribution in [2.75, 3.05) is 4.72 Å². The van der Waals surface area contributed by atoms with Gasteiger partial charge in [0.05, 0.1) is 0 Å². The quantitative estimate of drug-likeness (QED) is 0.633. The highest BCUT2D eigenvalue weighted by Crippen LogP contribution is 2.26. The van der Waals surface area contributed by atoms with Gasteiger partial charge in [0.2, 0.25) is 0 Å². The SMILES string of the molecule is Cc1cc(NS(=O)(=O)c2ccccc2Br)ccc1-n1cccc1C(=O)O. The van der Waals surface area contributed by atoms with Crippen LogP contribution in [-0.2, 0) is 10.0 Å². The normalized spacial score (nSPS) is 11.3. The summed E-state index contributed by atoms with van der Waals surface area (Å²) >= 11 is 3.24. The van der Waals surface area contributed by atoms with Gasteiger partial charge in [-0.3, -0.25) is 4.72 Å². The van der Waals surface area contributed by atoms with Crippen molar-refractivity contribution in [2.45, 2.75) is 11.8 Å². The van der Waals surface area contributed by atoms with Crippen molar-refractivity contribution in [3.05, 3.63) is 76.5 Å². The number of aryl methyl sites for hydroxylation is 1. The summed E-state index contributed by atoms with van der Waals surface area (Å²) in [5.41, 5.74) is 1.92. The molecule has 0 aliphatic carbocycles. The van der Waals surface area contributed by atoms with E-state index in [4.69, 9.17) is 0 Å². The molecule has 6 nitrogen and oxygen atoms in total. The number of rotatable bonds is 5. The number of sulfonamides is 1. The summed E-state index contributed by atoms with van der Waals surface area (Å²) in [5, 5.41) is 9.25. The monoisotopic (exact) mass is 434 g/mol. The Bertz CT molecular complexity index is 1090. The summed E-state index contributed by atoms with van der Waals surface area (Å²) in [6, 6.07) is 14.6. The highest BCUT2D eigenvalue weighted by Gasteiger charge is 2.18. The Balaban J connectivity index is 1.95. The van der Waals surface area contributed by atoms with Gasteiger partial charge >= 0.3 is 5.97 Å². The van der Waals surface area contributed by atoms with Crippen molar-refractivity contribution in [3.63, 3.8) is 0 Å². The summed E-state index contributed by atoms with van der Waals surface area (Å²) in [7, 11) is -3.75. The third-order valence-corrected chi connectivity index (χ3v) is 6.20. The lowest BCUT2D eigenvalue weighted by molar-refractivity contribution is 0.0688. The molecule has 2 N–H and O–H groups in total. The van der Waals surface area contributed by atoms with Crippen molar-refractivity contribution >= 4 is 37.6 Å². The molecular formula is C18H15BrN2O4S. The van der Waals surface area contributed by atoms with Crippen LogP contribution in [-0.4, -0.2) is 24.1 Å². The summed E-state index contributed by atoms with van der Waals surface area (Å²) < 4.78 is 29.7. The average Bonchev–Trinajstić information content (AvgIpc) is 3.04. The maximum atomic E-state index is 12.6. The van der Waals surface area contributed by atoms with E-state index >= 15 is 0 Å². The van der Waals surface area contributed by atoms with Gasteiger partial charge in [-0.2, -0.15) is 0 Å². The highest BCUT2D eigenvalue weighted by molar-refractivity contribution is 9.10. The topological polar surface area (TPSA) is 88.4 Å². The minimum atomic E-state index is -3.75. The predicted molar refractivity (Wildman–Crippen MR) is 102 cm³/mol. The van der Waals surface area contributed by atoms with Crippen molar-refractivity contribution in [2.24, 2.45) is 0 Å². The van der Waals surface area contributed by atoms with Crippen LogP contribution in [0, 0.1) is 6.92 Å². The molecule has 0 fully saturated rings. The minimum Gasteiger partial charge on any atom is -0.477 e. The van der Waals surface area contributed by atoms with E-state index in [-0.39, 0.29) is 10.6 Å². The van der Waals surface area contributed by atoms with Gasteiger partial charge in [0.15, 0.2) is 0 Å². The molecule has 0 aliphatic rings. The number of hydrogen-bond acceptors (Lipinski definition) is 3. The predicted octanol–water partition coefficient (Wildman–Crippen LogP) is 4.05. The molecule has 26 heavy (non-hydrogen) atoms. The highest BCUT2D eigenvalue weighted by atomic mass is 79.9. The first kappa shape index (κ1) is 18.2. The lowest BCUT2D eigenvalue weighted by Gasteiger charge is -2.14. The van der Waals surface area contributed by atoms with Gasteiger partial charge < -0.3 is 9.67 Å². The molecule has 8 heteroatoms. The fourth-order valence-electron chi connectivity index (χ4n) is 2.63. The third-order valence-electron chi connectivity index (χ3n) is 3.80. The van der Waals surface area contributed by atoms with Gasteiger partial charge in [0.1, 0.15) is 10.6 Å². The van der Waals surface area contributed by atoms with E-state index in [0.717, 1.165) is 5.56 Å². The number of aromatic nitrogens is 1. The van der Waals surface area contributed by atoms with Crippen molar-refractivity contribution in [3.8, 4) is 5.69 Å². The average molecular weight is 435 g/mol. The van der Waals surface area contributed by atoms with Crippen molar-refractivity contribution in [1.29, 1.82) is 0 Å². The Labute approximate surface area is 159 Å². The number of carbonyl (C=O) groups is 1. The molecule has 2 aromatic carbocycles. The summed E-state index contributed by atoms with van der Waals surface area (Å²) in [4.78, 5) is 11.4. The van der Waals surface area contributed by atoms with Gasteiger partial charge in [-0.15, -0.1) is 0 Å². The van der Waals surface area contributed by atoms with E-state index in [2.05, 4.69) is 20.7 Å². The molecule has 3 aromatic rings. The Morgan fingerprint density at radius 3 is 2.50 bits per heavy atom. The molecule has 0 amide bonds. The molecule has 0 atom stereocenters.